The van der Waals surface area contributed by atoms with E-state index in [-0.39, 0.29) is 18.4 Å². The minimum Gasteiger partial charge on any atom is -0.383 e. The lowest BCUT2D eigenvalue weighted by molar-refractivity contribution is -0.139. The van der Waals surface area contributed by atoms with Crippen molar-refractivity contribution in [2.45, 2.75) is 13.0 Å². The Morgan fingerprint density at radius 1 is 1.26 bits per heavy atom. The molecule has 2 N–H and O–H groups in total. The number of rotatable bonds is 5. The number of amides is 2. The highest BCUT2D eigenvalue weighted by atomic mass is 19.1. The maximum absolute atomic E-state index is 12.8. The predicted octanol–water partition coefficient (Wildman–Crippen LogP) is 0.765. The average Bonchev–Trinajstić information content (AvgIpc) is 2.39. The van der Waals surface area contributed by atoms with Crippen molar-refractivity contribution in [1.82, 2.24) is 10.6 Å². The van der Waals surface area contributed by atoms with Crippen molar-refractivity contribution in [2.24, 2.45) is 0 Å². The van der Waals surface area contributed by atoms with E-state index in [1.165, 1.54) is 19.2 Å². The predicted molar refractivity (Wildman–Crippen MR) is 67.8 cm³/mol. The molecule has 0 bridgehead atoms. The van der Waals surface area contributed by atoms with Crippen LogP contribution in [0.1, 0.15) is 18.5 Å². The van der Waals surface area contributed by atoms with Crippen LogP contribution in [0.15, 0.2) is 24.3 Å². The molecule has 6 heteroatoms. The third-order valence-corrected chi connectivity index (χ3v) is 2.52. The molecule has 0 fully saturated rings. The van der Waals surface area contributed by atoms with Gasteiger partial charge in [-0.15, -0.1) is 0 Å². The van der Waals surface area contributed by atoms with Crippen LogP contribution in [0.5, 0.6) is 0 Å². The second kappa shape index (κ2) is 7.48. The molecule has 1 aromatic carbocycles. The minimum absolute atomic E-state index is 0.272. The number of methoxy groups -OCH3 is 1. The van der Waals surface area contributed by atoms with Gasteiger partial charge in [0, 0.05) is 13.7 Å². The van der Waals surface area contributed by atoms with Gasteiger partial charge in [-0.2, -0.15) is 0 Å². The zero-order chi connectivity index (χ0) is 14.3. The van der Waals surface area contributed by atoms with Crippen LogP contribution in [0.2, 0.25) is 0 Å². The van der Waals surface area contributed by atoms with Gasteiger partial charge in [-0.3, -0.25) is 9.59 Å². The quantitative estimate of drug-likeness (QED) is 0.612. The van der Waals surface area contributed by atoms with Crippen molar-refractivity contribution in [3.05, 3.63) is 35.6 Å². The maximum Gasteiger partial charge on any atom is 0.309 e. The highest BCUT2D eigenvalue weighted by Crippen LogP contribution is 2.12. The zero-order valence-electron chi connectivity index (χ0n) is 10.9. The van der Waals surface area contributed by atoms with E-state index in [4.69, 9.17) is 4.74 Å². The van der Waals surface area contributed by atoms with Gasteiger partial charge in [0.1, 0.15) is 5.82 Å². The lowest BCUT2D eigenvalue weighted by Crippen LogP contribution is -2.41. The van der Waals surface area contributed by atoms with Gasteiger partial charge in [0.25, 0.3) is 0 Å². The summed E-state index contributed by atoms with van der Waals surface area (Å²) in [6, 6.07) is 5.35. The van der Waals surface area contributed by atoms with Gasteiger partial charge >= 0.3 is 11.8 Å². The first-order valence-electron chi connectivity index (χ1n) is 5.87. The van der Waals surface area contributed by atoms with E-state index < -0.39 is 11.8 Å². The van der Waals surface area contributed by atoms with Crippen LogP contribution in [-0.4, -0.2) is 32.1 Å². The Morgan fingerprint density at radius 2 is 1.89 bits per heavy atom. The number of carbonyl (C=O) groups is 2. The number of ether oxygens (including phenoxy) is 1. The fourth-order valence-electron chi connectivity index (χ4n) is 1.44. The lowest BCUT2D eigenvalue weighted by atomic mass is 10.1. The summed E-state index contributed by atoms with van der Waals surface area (Å²) in [5, 5.41) is 4.94. The molecule has 0 aliphatic heterocycles. The molecular formula is C13H17FN2O3. The fraction of sp³-hybridized carbons (Fsp3) is 0.385. The van der Waals surface area contributed by atoms with E-state index in [0.717, 1.165) is 5.56 Å². The Kier molecular flexibility index (Phi) is 5.95. The molecule has 5 nitrogen and oxygen atoms in total. The van der Waals surface area contributed by atoms with Crippen LogP contribution < -0.4 is 10.6 Å². The molecule has 1 atom stereocenters. The molecule has 0 unspecified atom stereocenters. The van der Waals surface area contributed by atoms with Gasteiger partial charge in [-0.1, -0.05) is 12.1 Å². The van der Waals surface area contributed by atoms with E-state index in [0.29, 0.717) is 6.61 Å². The molecule has 0 aliphatic carbocycles. The average molecular weight is 268 g/mol. The molecule has 2 amide bonds. The molecule has 1 aromatic rings. The summed E-state index contributed by atoms with van der Waals surface area (Å²) in [5.74, 6) is -1.79. The SMILES string of the molecule is COCCNC(=O)C(=O)N[C@H](C)c1ccc(F)cc1. The molecule has 19 heavy (non-hydrogen) atoms. The van der Waals surface area contributed by atoms with Gasteiger partial charge in [-0.25, -0.2) is 4.39 Å². The number of benzene rings is 1. The first-order valence-corrected chi connectivity index (χ1v) is 5.87. The summed E-state index contributed by atoms with van der Waals surface area (Å²) in [6.45, 7) is 2.33. The van der Waals surface area contributed by atoms with E-state index >= 15 is 0 Å². The zero-order valence-corrected chi connectivity index (χ0v) is 10.9. The van der Waals surface area contributed by atoms with Crippen molar-refractivity contribution in [1.29, 1.82) is 0 Å². The van der Waals surface area contributed by atoms with Gasteiger partial charge in [0.05, 0.1) is 12.6 Å². The summed E-state index contributed by atoms with van der Waals surface area (Å²) >= 11 is 0. The normalized spacial score (nSPS) is 11.7. The van der Waals surface area contributed by atoms with Crippen molar-refractivity contribution in [2.75, 3.05) is 20.3 Å². The third kappa shape index (κ3) is 5.05. The van der Waals surface area contributed by atoms with E-state index in [2.05, 4.69) is 10.6 Å². The van der Waals surface area contributed by atoms with Crippen LogP contribution in [-0.2, 0) is 14.3 Å². The Morgan fingerprint density at radius 3 is 2.47 bits per heavy atom. The second-order valence-corrected chi connectivity index (χ2v) is 4.00. The lowest BCUT2D eigenvalue weighted by Gasteiger charge is -2.14. The number of hydrogen-bond donors (Lipinski definition) is 2. The van der Waals surface area contributed by atoms with Crippen molar-refractivity contribution < 1.29 is 18.7 Å². The summed E-state index contributed by atoms with van der Waals surface area (Å²) in [7, 11) is 1.50. The summed E-state index contributed by atoms with van der Waals surface area (Å²) in [5.41, 5.74) is 0.722. The highest BCUT2D eigenvalue weighted by Gasteiger charge is 2.16. The first kappa shape index (κ1) is 15.1. The Hall–Kier alpha value is -1.95. The Balaban J connectivity index is 2.47. The first-order chi connectivity index (χ1) is 9.04. The molecule has 1 rings (SSSR count). The van der Waals surface area contributed by atoms with Crippen LogP contribution >= 0.6 is 0 Å². The number of halogens is 1. The van der Waals surface area contributed by atoms with Crippen LogP contribution in [0.25, 0.3) is 0 Å². The molecule has 0 saturated heterocycles. The third-order valence-electron chi connectivity index (χ3n) is 2.52. The Labute approximate surface area is 111 Å². The summed E-state index contributed by atoms with van der Waals surface area (Å²) in [6.07, 6.45) is 0. The van der Waals surface area contributed by atoms with Gasteiger partial charge in [-0.05, 0) is 24.6 Å². The van der Waals surface area contributed by atoms with Crippen LogP contribution in [0.4, 0.5) is 4.39 Å². The smallest absolute Gasteiger partial charge is 0.309 e. The van der Waals surface area contributed by atoms with Crippen molar-refractivity contribution >= 4 is 11.8 Å². The number of hydrogen-bond acceptors (Lipinski definition) is 3. The van der Waals surface area contributed by atoms with Gasteiger partial charge < -0.3 is 15.4 Å². The molecule has 104 valence electrons. The second-order valence-electron chi connectivity index (χ2n) is 4.00. The minimum atomic E-state index is -0.729. The molecule has 0 saturated carbocycles. The number of carbonyl (C=O) groups excluding carboxylic acids is 2. The van der Waals surface area contributed by atoms with Crippen molar-refractivity contribution in [3.63, 3.8) is 0 Å². The van der Waals surface area contributed by atoms with Gasteiger partial charge in [0.2, 0.25) is 0 Å². The molecular weight excluding hydrogens is 251 g/mol. The molecule has 0 aliphatic rings. The summed E-state index contributed by atoms with van der Waals surface area (Å²) < 4.78 is 17.5. The largest absolute Gasteiger partial charge is 0.383 e. The van der Waals surface area contributed by atoms with Gasteiger partial charge in [0.15, 0.2) is 0 Å². The number of nitrogens with one attached hydrogen (secondary N) is 2. The molecule has 0 spiro atoms. The summed E-state index contributed by atoms with van der Waals surface area (Å²) in [4.78, 5) is 22.9. The standard InChI is InChI=1S/C13H17FN2O3/c1-9(10-3-5-11(14)6-4-10)16-13(18)12(17)15-7-8-19-2/h3-6,9H,7-8H2,1-2H3,(H,15,17)(H,16,18)/t9-/m1/s1. The van der Waals surface area contributed by atoms with Crippen LogP contribution in [0, 0.1) is 5.82 Å². The monoisotopic (exact) mass is 268 g/mol. The van der Waals surface area contributed by atoms with E-state index in [1.54, 1.807) is 19.1 Å². The maximum atomic E-state index is 12.8. The molecule has 0 heterocycles. The fourth-order valence-corrected chi connectivity index (χ4v) is 1.44. The van der Waals surface area contributed by atoms with E-state index in [9.17, 15) is 14.0 Å². The molecule has 0 aromatic heterocycles. The Bertz CT molecular complexity index is 434. The van der Waals surface area contributed by atoms with Crippen LogP contribution in [0.3, 0.4) is 0 Å². The molecule has 0 radical (unpaired) electrons. The van der Waals surface area contributed by atoms with Crippen molar-refractivity contribution in [3.8, 4) is 0 Å². The van der Waals surface area contributed by atoms with E-state index in [1.807, 2.05) is 0 Å². The highest BCUT2D eigenvalue weighted by molar-refractivity contribution is 6.35. The topological polar surface area (TPSA) is 67.4 Å².